The molecule has 2 rings (SSSR count). The second-order valence-electron chi connectivity index (χ2n) is 5.95. The number of urea groups is 1. The normalized spacial score (nSPS) is 16.8. The predicted octanol–water partition coefficient (Wildman–Crippen LogP) is 2.48. The Hall–Kier alpha value is -2.28. The highest BCUT2D eigenvalue weighted by Gasteiger charge is 2.21. The summed E-state index contributed by atoms with van der Waals surface area (Å²) >= 11 is 0. The zero-order chi connectivity index (χ0) is 18.2. The smallest absolute Gasteiger partial charge is 0.321 e. The van der Waals surface area contributed by atoms with Crippen LogP contribution in [0.4, 0.5) is 10.5 Å². The average Bonchev–Trinajstić information content (AvgIpc) is 2.66. The second kappa shape index (κ2) is 9.27. The summed E-state index contributed by atoms with van der Waals surface area (Å²) in [4.78, 5) is 26.2. The number of carbonyl (C=O) groups is 2. The van der Waals surface area contributed by atoms with Crippen LogP contribution in [0.5, 0.6) is 5.75 Å². The molecule has 0 saturated carbocycles. The summed E-state index contributed by atoms with van der Waals surface area (Å²) in [6, 6.07) is 4.79. The standard InChI is InChI=1S/C18H27N3O4/c1-4-21(12-14-7-5-6-10-25-14)18(23)20-13-8-9-16(24-3)15(11-13)17(22)19-2/h8-9,11,14H,4-7,10,12H2,1-3H3,(H,19,22)(H,20,23)/t14-/m1/s1. The molecule has 7 nitrogen and oxygen atoms in total. The fourth-order valence-corrected chi connectivity index (χ4v) is 2.85. The zero-order valence-electron chi connectivity index (χ0n) is 15.1. The van der Waals surface area contributed by atoms with Crippen molar-refractivity contribution in [2.45, 2.75) is 32.3 Å². The molecular weight excluding hydrogens is 322 g/mol. The van der Waals surface area contributed by atoms with Gasteiger partial charge in [-0.3, -0.25) is 4.79 Å². The lowest BCUT2D eigenvalue weighted by Gasteiger charge is -2.29. The van der Waals surface area contributed by atoms with Crippen molar-refractivity contribution in [2.24, 2.45) is 0 Å². The van der Waals surface area contributed by atoms with E-state index in [4.69, 9.17) is 9.47 Å². The van der Waals surface area contributed by atoms with Gasteiger partial charge in [-0.25, -0.2) is 4.79 Å². The summed E-state index contributed by atoms with van der Waals surface area (Å²) < 4.78 is 10.9. The lowest BCUT2D eigenvalue weighted by Crippen LogP contribution is -2.41. The first-order chi connectivity index (χ1) is 12.1. The van der Waals surface area contributed by atoms with Crippen molar-refractivity contribution in [3.8, 4) is 5.75 Å². The molecule has 0 spiro atoms. The lowest BCUT2D eigenvalue weighted by molar-refractivity contribution is 0.00221. The van der Waals surface area contributed by atoms with Crippen molar-refractivity contribution in [2.75, 3.05) is 39.2 Å². The van der Waals surface area contributed by atoms with Crippen LogP contribution in [0.15, 0.2) is 18.2 Å². The monoisotopic (exact) mass is 349 g/mol. The summed E-state index contributed by atoms with van der Waals surface area (Å²) in [5.74, 6) is 0.191. The Morgan fingerprint density at radius 3 is 2.76 bits per heavy atom. The molecule has 1 aliphatic rings. The highest BCUT2D eigenvalue weighted by atomic mass is 16.5. The molecule has 1 heterocycles. The van der Waals surface area contributed by atoms with Gasteiger partial charge in [0.15, 0.2) is 0 Å². The van der Waals surface area contributed by atoms with Crippen LogP contribution < -0.4 is 15.4 Å². The third kappa shape index (κ3) is 5.09. The summed E-state index contributed by atoms with van der Waals surface area (Å²) in [7, 11) is 3.05. The topological polar surface area (TPSA) is 79.9 Å². The number of likely N-dealkylation sites (N-methyl/N-ethyl adjacent to an activating group) is 1. The summed E-state index contributed by atoms with van der Waals surface area (Å²) in [5.41, 5.74) is 0.925. The van der Waals surface area contributed by atoms with E-state index in [2.05, 4.69) is 10.6 Å². The molecule has 1 saturated heterocycles. The Bertz CT molecular complexity index is 600. The zero-order valence-corrected chi connectivity index (χ0v) is 15.1. The van der Waals surface area contributed by atoms with Gasteiger partial charge in [0.05, 0.1) is 18.8 Å². The van der Waals surface area contributed by atoms with Gasteiger partial charge in [-0.1, -0.05) is 0 Å². The third-order valence-corrected chi connectivity index (χ3v) is 4.29. The number of nitrogens with zero attached hydrogens (tertiary/aromatic N) is 1. The Morgan fingerprint density at radius 1 is 1.36 bits per heavy atom. The molecule has 1 aliphatic heterocycles. The van der Waals surface area contributed by atoms with Crippen molar-refractivity contribution in [3.63, 3.8) is 0 Å². The van der Waals surface area contributed by atoms with E-state index in [1.165, 1.54) is 7.11 Å². The van der Waals surface area contributed by atoms with Gasteiger partial charge >= 0.3 is 6.03 Å². The van der Waals surface area contributed by atoms with Gasteiger partial charge in [-0.15, -0.1) is 0 Å². The molecule has 2 N–H and O–H groups in total. The van der Waals surface area contributed by atoms with E-state index in [1.807, 2.05) is 6.92 Å². The number of carbonyl (C=O) groups excluding carboxylic acids is 2. The molecule has 0 unspecified atom stereocenters. The number of rotatable bonds is 6. The SMILES string of the molecule is CCN(C[C@H]1CCCCO1)C(=O)Nc1ccc(OC)c(C(=O)NC)c1. The maximum absolute atomic E-state index is 12.5. The number of hydrogen-bond acceptors (Lipinski definition) is 4. The van der Waals surface area contributed by atoms with Crippen molar-refractivity contribution in [3.05, 3.63) is 23.8 Å². The molecule has 7 heteroatoms. The van der Waals surface area contributed by atoms with Crippen LogP contribution in [0.2, 0.25) is 0 Å². The minimum absolute atomic E-state index is 0.0942. The first-order valence-electron chi connectivity index (χ1n) is 8.66. The fourth-order valence-electron chi connectivity index (χ4n) is 2.85. The number of anilines is 1. The molecule has 0 bridgehead atoms. The van der Waals surface area contributed by atoms with Crippen molar-refractivity contribution in [1.29, 1.82) is 0 Å². The van der Waals surface area contributed by atoms with Crippen molar-refractivity contribution in [1.82, 2.24) is 10.2 Å². The molecule has 1 fully saturated rings. The molecule has 1 aromatic rings. The van der Waals surface area contributed by atoms with Crippen LogP contribution in [0.25, 0.3) is 0 Å². The van der Waals surface area contributed by atoms with E-state index in [0.717, 1.165) is 25.9 Å². The number of amides is 3. The highest BCUT2D eigenvalue weighted by molar-refractivity contribution is 5.99. The van der Waals surface area contributed by atoms with Crippen molar-refractivity contribution < 1.29 is 19.1 Å². The molecular formula is C18H27N3O4. The largest absolute Gasteiger partial charge is 0.496 e. The Balaban J connectivity index is 2.05. The van der Waals surface area contributed by atoms with Gasteiger partial charge in [-0.05, 0) is 44.4 Å². The molecule has 138 valence electrons. The van der Waals surface area contributed by atoms with Crippen LogP contribution in [0, 0.1) is 0 Å². The molecule has 1 aromatic carbocycles. The van der Waals surface area contributed by atoms with Crippen LogP contribution >= 0.6 is 0 Å². The number of ether oxygens (including phenoxy) is 2. The summed E-state index contributed by atoms with van der Waals surface area (Å²) in [6.45, 7) is 3.86. The lowest BCUT2D eigenvalue weighted by atomic mass is 10.1. The van der Waals surface area contributed by atoms with Crippen LogP contribution in [-0.4, -0.2) is 56.8 Å². The Morgan fingerprint density at radius 2 is 2.16 bits per heavy atom. The van der Waals surface area contributed by atoms with E-state index < -0.39 is 0 Å². The number of benzene rings is 1. The van der Waals surface area contributed by atoms with Crippen LogP contribution in [0.1, 0.15) is 36.5 Å². The van der Waals surface area contributed by atoms with Crippen LogP contribution in [0.3, 0.4) is 0 Å². The third-order valence-electron chi connectivity index (χ3n) is 4.29. The fraction of sp³-hybridized carbons (Fsp3) is 0.556. The molecule has 0 aromatic heterocycles. The minimum Gasteiger partial charge on any atom is -0.496 e. The van der Waals surface area contributed by atoms with E-state index in [-0.39, 0.29) is 18.0 Å². The highest BCUT2D eigenvalue weighted by Crippen LogP contribution is 2.23. The number of methoxy groups -OCH3 is 1. The van der Waals surface area contributed by atoms with Gasteiger partial charge in [0.1, 0.15) is 5.75 Å². The van der Waals surface area contributed by atoms with Gasteiger partial charge in [0.25, 0.3) is 5.91 Å². The van der Waals surface area contributed by atoms with E-state index >= 15 is 0 Å². The van der Waals surface area contributed by atoms with Crippen LogP contribution in [-0.2, 0) is 4.74 Å². The van der Waals surface area contributed by atoms with Gasteiger partial charge < -0.3 is 25.0 Å². The molecule has 1 atom stereocenters. The van der Waals surface area contributed by atoms with Gasteiger partial charge in [0, 0.05) is 32.4 Å². The van der Waals surface area contributed by atoms with E-state index in [0.29, 0.717) is 30.1 Å². The van der Waals surface area contributed by atoms with E-state index in [9.17, 15) is 9.59 Å². The minimum atomic E-state index is -0.268. The molecule has 0 radical (unpaired) electrons. The van der Waals surface area contributed by atoms with E-state index in [1.54, 1.807) is 30.1 Å². The maximum atomic E-state index is 12.5. The molecule has 3 amide bonds. The summed E-state index contributed by atoms with van der Waals surface area (Å²) in [6.07, 6.45) is 3.30. The first kappa shape index (κ1) is 19.1. The Kier molecular flexibility index (Phi) is 7.06. The van der Waals surface area contributed by atoms with Gasteiger partial charge in [-0.2, -0.15) is 0 Å². The maximum Gasteiger partial charge on any atom is 0.321 e. The van der Waals surface area contributed by atoms with Crippen molar-refractivity contribution >= 4 is 17.6 Å². The summed E-state index contributed by atoms with van der Waals surface area (Å²) in [5, 5.41) is 5.42. The predicted molar refractivity (Wildman–Crippen MR) is 96.2 cm³/mol. The Labute approximate surface area is 148 Å². The first-order valence-corrected chi connectivity index (χ1v) is 8.66. The average molecular weight is 349 g/mol. The number of nitrogens with one attached hydrogen (secondary N) is 2. The second-order valence-corrected chi connectivity index (χ2v) is 5.95. The number of hydrogen-bond donors (Lipinski definition) is 2. The molecule has 0 aliphatic carbocycles. The molecule has 25 heavy (non-hydrogen) atoms. The van der Waals surface area contributed by atoms with Gasteiger partial charge in [0.2, 0.25) is 0 Å². The quantitative estimate of drug-likeness (QED) is 0.827.